The zero-order chi connectivity index (χ0) is 25.6. The molecule has 8 heteroatoms. The van der Waals surface area contributed by atoms with Crippen LogP contribution in [0, 0.1) is 5.92 Å². The number of hydrogen-bond donors (Lipinski definition) is 2. The minimum atomic E-state index is -4.37. The lowest BCUT2D eigenvalue weighted by atomic mass is 9.96. The molecule has 5 nitrogen and oxygen atoms in total. The Morgan fingerprint density at radius 2 is 1.43 bits per heavy atom. The van der Waals surface area contributed by atoms with Gasteiger partial charge in [-0.1, -0.05) is 50.2 Å². The minimum Gasteiger partial charge on any atom is -0.485 e. The molecule has 1 atom stereocenters. The Balaban J connectivity index is 1.68. The molecular formula is C27H26F3NO4. The van der Waals surface area contributed by atoms with E-state index in [4.69, 9.17) is 9.84 Å². The zero-order valence-corrected chi connectivity index (χ0v) is 19.3. The van der Waals surface area contributed by atoms with E-state index in [1.54, 1.807) is 24.3 Å². The summed E-state index contributed by atoms with van der Waals surface area (Å²) in [6.45, 7) is 4.07. The van der Waals surface area contributed by atoms with Crippen LogP contribution in [0.1, 0.15) is 47.9 Å². The SMILES string of the molecule is CC(C)C(Oc1ccc(C(=O)NCCC(=O)O)cc1)c1ccc(-c2ccc(C(F)(F)F)cc2)cc1. The molecule has 0 spiro atoms. The Hall–Kier alpha value is -3.81. The molecule has 3 aromatic carbocycles. The molecule has 0 aromatic heterocycles. The number of hydrogen-bond acceptors (Lipinski definition) is 3. The van der Waals surface area contributed by atoms with Gasteiger partial charge in [-0.05, 0) is 59.0 Å². The normalized spacial score (nSPS) is 12.3. The molecule has 3 rings (SSSR count). The smallest absolute Gasteiger partial charge is 0.416 e. The Morgan fingerprint density at radius 3 is 1.91 bits per heavy atom. The predicted octanol–water partition coefficient (Wildman–Crippen LogP) is 6.35. The van der Waals surface area contributed by atoms with E-state index in [9.17, 15) is 22.8 Å². The van der Waals surface area contributed by atoms with Gasteiger partial charge in [-0.2, -0.15) is 13.2 Å². The number of carbonyl (C=O) groups excluding carboxylic acids is 1. The van der Waals surface area contributed by atoms with E-state index in [1.807, 2.05) is 38.1 Å². The highest BCUT2D eigenvalue weighted by atomic mass is 19.4. The second-order valence-electron chi connectivity index (χ2n) is 8.40. The Bertz CT molecular complexity index is 1140. The Kier molecular flexibility index (Phi) is 8.17. The molecule has 1 amide bonds. The van der Waals surface area contributed by atoms with Crippen molar-refractivity contribution >= 4 is 11.9 Å². The van der Waals surface area contributed by atoms with E-state index in [2.05, 4.69) is 5.32 Å². The number of halogens is 3. The number of carboxylic acid groups (broad SMARTS) is 1. The maximum absolute atomic E-state index is 12.8. The summed E-state index contributed by atoms with van der Waals surface area (Å²) in [7, 11) is 0. The van der Waals surface area contributed by atoms with Crippen LogP contribution >= 0.6 is 0 Å². The number of benzene rings is 3. The molecule has 0 saturated carbocycles. The Morgan fingerprint density at radius 1 is 0.886 bits per heavy atom. The largest absolute Gasteiger partial charge is 0.485 e. The van der Waals surface area contributed by atoms with Gasteiger partial charge in [-0.15, -0.1) is 0 Å². The van der Waals surface area contributed by atoms with Gasteiger partial charge >= 0.3 is 12.1 Å². The average molecular weight is 486 g/mol. The van der Waals surface area contributed by atoms with Crippen LogP contribution in [-0.2, 0) is 11.0 Å². The van der Waals surface area contributed by atoms with Crippen molar-refractivity contribution in [3.63, 3.8) is 0 Å². The van der Waals surface area contributed by atoms with Crippen LogP contribution < -0.4 is 10.1 Å². The van der Waals surface area contributed by atoms with E-state index in [-0.39, 0.29) is 30.9 Å². The summed E-state index contributed by atoms with van der Waals surface area (Å²) < 4.78 is 44.6. The van der Waals surface area contributed by atoms with Gasteiger partial charge in [0, 0.05) is 12.1 Å². The highest BCUT2D eigenvalue weighted by Gasteiger charge is 2.30. The lowest BCUT2D eigenvalue weighted by Crippen LogP contribution is -2.25. The van der Waals surface area contributed by atoms with Gasteiger partial charge in [-0.3, -0.25) is 9.59 Å². The van der Waals surface area contributed by atoms with Crippen molar-refractivity contribution in [3.05, 3.63) is 89.5 Å². The molecule has 0 fully saturated rings. The van der Waals surface area contributed by atoms with Crippen molar-refractivity contribution in [3.8, 4) is 16.9 Å². The maximum Gasteiger partial charge on any atom is 0.416 e. The predicted molar refractivity (Wildman–Crippen MR) is 126 cm³/mol. The number of amides is 1. The van der Waals surface area contributed by atoms with Crippen molar-refractivity contribution in [2.45, 2.75) is 32.5 Å². The molecule has 0 radical (unpaired) electrons. The van der Waals surface area contributed by atoms with Crippen LogP contribution in [0.4, 0.5) is 13.2 Å². The van der Waals surface area contributed by atoms with Crippen molar-refractivity contribution < 1.29 is 32.6 Å². The first-order valence-corrected chi connectivity index (χ1v) is 11.1. The first-order chi connectivity index (χ1) is 16.5. The first-order valence-electron chi connectivity index (χ1n) is 11.1. The molecule has 0 saturated heterocycles. The van der Waals surface area contributed by atoms with E-state index in [0.717, 1.165) is 23.3 Å². The molecule has 3 aromatic rings. The number of ether oxygens (including phenoxy) is 1. The lowest BCUT2D eigenvalue weighted by molar-refractivity contribution is -0.138. The first kappa shape index (κ1) is 25.8. The van der Waals surface area contributed by atoms with Crippen LogP contribution in [0.15, 0.2) is 72.8 Å². The average Bonchev–Trinajstić information content (AvgIpc) is 2.82. The molecule has 0 aliphatic rings. The number of alkyl halides is 3. The molecular weight excluding hydrogens is 459 g/mol. The van der Waals surface area contributed by atoms with Crippen molar-refractivity contribution in [1.29, 1.82) is 0 Å². The number of aliphatic carboxylic acids is 1. The second kappa shape index (κ2) is 11.1. The number of nitrogens with one attached hydrogen (secondary N) is 1. The van der Waals surface area contributed by atoms with Gasteiger partial charge in [0.2, 0.25) is 0 Å². The zero-order valence-electron chi connectivity index (χ0n) is 19.3. The van der Waals surface area contributed by atoms with Gasteiger partial charge in [0.05, 0.1) is 12.0 Å². The standard InChI is InChI=1S/C27H26F3NO4/c1-17(2)25(35-23-13-9-21(10-14-23)26(34)31-16-15-24(32)33)20-5-3-18(4-6-20)19-7-11-22(12-8-19)27(28,29)30/h3-14,17,25H,15-16H2,1-2H3,(H,31,34)(H,32,33). The monoisotopic (exact) mass is 485 g/mol. The summed E-state index contributed by atoms with van der Waals surface area (Å²) in [5.41, 5.74) is 2.10. The fourth-order valence-electron chi connectivity index (χ4n) is 3.52. The van der Waals surface area contributed by atoms with Gasteiger partial charge < -0.3 is 15.2 Å². The van der Waals surface area contributed by atoms with Gasteiger partial charge in [0.1, 0.15) is 11.9 Å². The summed E-state index contributed by atoms with van der Waals surface area (Å²) in [6, 6.07) is 19.1. The van der Waals surface area contributed by atoms with E-state index in [1.165, 1.54) is 12.1 Å². The molecule has 0 heterocycles. The van der Waals surface area contributed by atoms with E-state index < -0.39 is 17.7 Å². The minimum absolute atomic E-state index is 0.0459. The Labute approximate surface area is 201 Å². The molecule has 35 heavy (non-hydrogen) atoms. The van der Waals surface area contributed by atoms with Crippen molar-refractivity contribution in [2.75, 3.05) is 6.54 Å². The van der Waals surface area contributed by atoms with Crippen molar-refractivity contribution in [2.24, 2.45) is 5.92 Å². The number of rotatable bonds is 9. The number of carboxylic acids is 1. The van der Waals surface area contributed by atoms with E-state index >= 15 is 0 Å². The van der Waals surface area contributed by atoms with Crippen molar-refractivity contribution in [1.82, 2.24) is 5.32 Å². The molecule has 2 N–H and O–H groups in total. The highest BCUT2D eigenvalue weighted by Crippen LogP contribution is 2.33. The second-order valence-corrected chi connectivity index (χ2v) is 8.40. The van der Waals surface area contributed by atoms with Gasteiger partial charge in [0.25, 0.3) is 5.91 Å². The van der Waals surface area contributed by atoms with Crippen LogP contribution in [0.2, 0.25) is 0 Å². The molecule has 1 unspecified atom stereocenters. The highest BCUT2D eigenvalue weighted by molar-refractivity contribution is 5.94. The van der Waals surface area contributed by atoms with Crippen LogP contribution in [0.3, 0.4) is 0 Å². The molecule has 0 aliphatic heterocycles. The molecule has 184 valence electrons. The molecule has 0 bridgehead atoms. The summed E-state index contributed by atoms with van der Waals surface area (Å²) >= 11 is 0. The third-order valence-electron chi connectivity index (χ3n) is 5.39. The lowest BCUT2D eigenvalue weighted by Gasteiger charge is -2.23. The topological polar surface area (TPSA) is 75.6 Å². The van der Waals surface area contributed by atoms with Crippen LogP contribution in [-0.4, -0.2) is 23.5 Å². The summed E-state index contributed by atoms with van der Waals surface area (Å²) in [4.78, 5) is 22.7. The fraction of sp³-hybridized carbons (Fsp3) is 0.259. The van der Waals surface area contributed by atoms with Gasteiger partial charge in [-0.25, -0.2) is 0 Å². The third kappa shape index (κ3) is 7.09. The summed E-state index contributed by atoms with van der Waals surface area (Å²) in [5, 5.41) is 11.2. The third-order valence-corrected chi connectivity index (χ3v) is 5.39. The summed E-state index contributed by atoms with van der Waals surface area (Å²) in [5.74, 6) is -0.665. The molecule has 0 aliphatic carbocycles. The quantitative estimate of drug-likeness (QED) is 0.370. The number of carbonyl (C=O) groups is 2. The maximum atomic E-state index is 12.8. The van der Waals surface area contributed by atoms with E-state index in [0.29, 0.717) is 16.9 Å². The van der Waals surface area contributed by atoms with Crippen LogP contribution in [0.5, 0.6) is 5.75 Å². The fourth-order valence-corrected chi connectivity index (χ4v) is 3.52. The summed E-state index contributed by atoms with van der Waals surface area (Å²) in [6.07, 6.45) is -4.81. The van der Waals surface area contributed by atoms with Crippen LogP contribution in [0.25, 0.3) is 11.1 Å². The van der Waals surface area contributed by atoms with Gasteiger partial charge in [0.15, 0.2) is 0 Å².